The van der Waals surface area contributed by atoms with Gasteiger partial charge in [-0.05, 0) is 24.8 Å². The molecule has 3 aromatic rings. The van der Waals surface area contributed by atoms with E-state index in [1.54, 1.807) is 12.3 Å². The van der Waals surface area contributed by atoms with Gasteiger partial charge in [-0.2, -0.15) is 0 Å². The molecule has 1 N–H and O–H groups in total. The van der Waals surface area contributed by atoms with Crippen LogP contribution in [-0.2, 0) is 6.54 Å². The number of nitrogens with one attached hydrogen (secondary N) is 1. The fourth-order valence-electron chi connectivity index (χ4n) is 2.81. The van der Waals surface area contributed by atoms with E-state index < -0.39 is 0 Å². The molecule has 2 heterocycles. The van der Waals surface area contributed by atoms with Gasteiger partial charge >= 0.3 is 0 Å². The Morgan fingerprint density at radius 3 is 2.65 bits per heavy atom. The molecule has 1 amide bonds. The number of aryl methyl sites for hydroxylation is 2. The number of carbonyl (C=O) groups excluding carboxylic acids is 1. The number of benzene rings is 1. The van der Waals surface area contributed by atoms with Crippen molar-refractivity contribution in [1.29, 1.82) is 0 Å². The molecule has 0 fully saturated rings. The zero-order valence-electron chi connectivity index (χ0n) is 15.3. The summed E-state index contributed by atoms with van der Waals surface area (Å²) < 4.78 is 7.29. The standard InChI is InChI=1S/C20H24N4O2/c1-14(2)18-13-19(26-23-18)20(25)22-17(16-7-5-4-6-8-16)9-11-24-12-10-21-15(24)3/h4-8,10,12-14,17H,9,11H2,1-3H3,(H,22,25)/t17-/m0/s1. The van der Waals surface area contributed by atoms with E-state index in [1.165, 1.54) is 0 Å². The summed E-state index contributed by atoms with van der Waals surface area (Å²) in [5, 5.41) is 7.04. The van der Waals surface area contributed by atoms with Crippen molar-refractivity contribution in [3.63, 3.8) is 0 Å². The quantitative estimate of drug-likeness (QED) is 0.701. The van der Waals surface area contributed by atoms with Crippen molar-refractivity contribution in [1.82, 2.24) is 20.0 Å². The lowest BCUT2D eigenvalue weighted by Gasteiger charge is -2.19. The van der Waals surface area contributed by atoms with Gasteiger partial charge in [-0.3, -0.25) is 4.79 Å². The Balaban J connectivity index is 1.74. The Hall–Kier alpha value is -2.89. The Morgan fingerprint density at radius 1 is 1.27 bits per heavy atom. The van der Waals surface area contributed by atoms with Crippen molar-refractivity contribution in [2.45, 2.75) is 45.7 Å². The number of nitrogens with zero attached hydrogens (tertiary/aromatic N) is 3. The summed E-state index contributed by atoms with van der Waals surface area (Å²) in [6, 6.07) is 11.5. The molecule has 2 aromatic heterocycles. The smallest absolute Gasteiger partial charge is 0.290 e. The lowest BCUT2D eigenvalue weighted by atomic mass is 10.0. The fourth-order valence-corrected chi connectivity index (χ4v) is 2.81. The summed E-state index contributed by atoms with van der Waals surface area (Å²) >= 11 is 0. The number of hydrogen-bond donors (Lipinski definition) is 1. The number of rotatable bonds is 7. The summed E-state index contributed by atoms with van der Waals surface area (Å²) in [4.78, 5) is 16.9. The van der Waals surface area contributed by atoms with E-state index in [4.69, 9.17) is 4.52 Å². The van der Waals surface area contributed by atoms with Crippen LogP contribution in [0.4, 0.5) is 0 Å². The third-order valence-electron chi connectivity index (χ3n) is 4.43. The molecule has 0 aliphatic heterocycles. The highest BCUT2D eigenvalue weighted by Gasteiger charge is 2.20. The number of aromatic nitrogens is 3. The van der Waals surface area contributed by atoms with E-state index in [0.29, 0.717) is 0 Å². The van der Waals surface area contributed by atoms with Crippen molar-refractivity contribution in [2.24, 2.45) is 0 Å². The van der Waals surface area contributed by atoms with Crippen LogP contribution in [0.1, 0.15) is 59.9 Å². The maximum atomic E-state index is 12.6. The molecular weight excluding hydrogens is 328 g/mol. The molecule has 6 nitrogen and oxygen atoms in total. The third-order valence-corrected chi connectivity index (χ3v) is 4.43. The van der Waals surface area contributed by atoms with Crippen molar-refractivity contribution < 1.29 is 9.32 Å². The number of imidazole rings is 1. The van der Waals surface area contributed by atoms with Crippen molar-refractivity contribution in [3.05, 3.63) is 71.6 Å². The van der Waals surface area contributed by atoms with E-state index in [2.05, 4.69) is 20.0 Å². The van der Waals surface area contributed by atoms with E-state index >= 15 is 0 Å². The minimum Gasteiger partial charge on any atom is -0.351 e. The molecule has 0 saturated carbocycles. The largest absolute Gasteiger partial charge is 0.351 e. The molecule has 1 atom stereocenters. The van der Waals surface area contributed by atoms with Gasteiger partial charge in [0, 0.05) is 25.0 Å². The first-order valence-corrected chi connectivity index (χ1v) is 8.84. The average molecular weight is 352 g/mol. The number of carbonyl (C=O) groups is 1. The van der Waals surface area contributed by atoms with Crippen molar-refractivity contribution in [3.8, 4) is 0 Å². The molecule has 0 aliphatic rings. The van der Waals surface area contributed by atoms with Crippen LogP contribution in [0.2, 0.25) is 0 Å². The Bertz CT molecular complexity index is 852. The average Bonchev–Trinajstić information content (AvgIpc) is 3.28. The Labute approximate surface area is 153 Å². The fraction of sp³-hybridized carbons (Fsp3) is 0.350. The first kappa shape index (κ1) is 17.9. The third kappa shape index (κ3) is 4.20. The predicted octanol–water partition coefficient (Wildman–Crippen LogP) is 3.86. The zero-order chi connectivity index (χ0) is 18.5. The molecule has 3 rings (SSSR count). The van der Waals surface area contributed by atoms with Gasteiger partial charge in [-0.25, -0.2) is 4.98 Å². The van der Waals surface area contributed by atoms with Gasteiger partial charge in [0.2, 0.25) is 5.76 Å². The number of hydrogen-bond acceptors (Lipinski definition) is 4. The summed E-state index contributed by atoms with van der Waals surface area (Å²) in [7, 11) is 0. The monoisotopic (exact) mass is 352 g/mol. The second kappa shape index (κ2) is 7.99. The molecule has 26 heavy (non-hydrogen) atoms. The van der Waals surface area contributed by atoms with Gasteiger partial charge in [-0.15, -0.1) is 0 Å². The van der Waals surface area contributed by atoms with Crippen LogP contribution < -0.4 is 5.32 Å². The molecule has 0 unspecified atom stereocenters. The van der Waals surface area contributed by atoms with E-state index in [-0.39, 0.29) is 23.6 Å². The molecule has 0 bridgehead atoms. The molecule has 6 heteroatoms. The molecule has 1 aromatic carbocycles. The molecule has 0 saturated heterocycles. The van der Waals surface area contributed by atoms with Gasteiger partial charge in [0.05, 0.1) is 11.7 Å². The van der Waals surface area contributed by atoms with E-state index in [1.807, 2.05) is 57.3 Å². The van der Waals surface area contributed by atoms with Gasteiger partial charge in [-0.1, -0.05) is 49.3 Å². The molecule has 0 spiro atoms. The van der Waals surface area contributed by atoms with Crippen LogP contribution in [-0.4, -0.2) is 20.6 Å². The van der Waals surface area contributed by atoms with Crippen LogP contribution >= 0.6 is 0 Å². The van der Waals surface area contributed by atoms with E-state index in [9.17, 15) is 4.79 Å². The first-order valence-electron chi connectivity index (χ1n) is 8.84. The molecule has 136 valence electrons. The van der Waals surface area contributed by atoms with E-state index in [0.717, 1.165) is 30.0 Å². The Morgan fingerprint density at radius 2 is 2.04 bits per heavy atom. The van der Waals surface area contributed by atoms with Gasteiger partial charge in [0.15, 0.2) is 0 Å². The van der Waals surface area contributed by atoms with Crippen LogP contribution in [0.25, 0.3) is 0 Å². The Kier molecular flexibility index (Phi) is 5.51. The SMILES string of the molecule is Cc1nccn1CC[C@H](NC(=O)c1cc(C(C)C)no1)c1ccccc1. The molecular formula is C20H24N4O2. The van der Waals surface area contributed by atoms with Gasteiger partial charge in [0.25, 0.3) is 5.91 Å². The topological polar surface area (TPSA) is 73.0 Å². The first-order chi connectivity index (χ1) is 12.5. The second-order valence-corrected chi connectivity index (χ2v) is 6.66. The number of amides is 1. The minimum absolute atomic E-state index is 0.127. The highest BCUT2D eigenvalue weighted by atomic mass is 16.5. The van der Waals surface area contributed by atoms with Crippen molar-refractivity contribution >= 4 is 5.91 Å². The maximum Gasteiger partial charge on any atom is 0.290 e. The lowest BCUT2D eigenvalue weighted by molar-refractivity contribution is 0.0896. The second-order valence-electron chi connectivity index (χ2n) is 6.66. The van der Waals surface area contributed by atoms with Crippen LogP contribution in [0.3, 0.4) is 0 Å². The predicted molar refractivity (Wildman–Crippen MR) is 98.8 cm³/mol. The minimum atomic E-state index is -0.249. The zero-order valence-corrected chi connectivity index (χ0v) is 15.3. The summed E-state index contributed by atoms with van der Waals surface area (Å²) in [6.07, 6.45) is 4.48. The molecule has 0 aliphatic carbocycles. The van der Waals surface area contributed by atoms with Gasteiger partial charge in [0.1, 0.15) is 5.82 Å². The summed E-state index contributed by atoms with van der Waals surface area (Å²) in [5.74, 6) is 1.17. The maximum absolute atomic E-state index is 12.6. The van der Waals surface area contributed by atoms with Crippen LogP contribution in [0, 0.1) is 6.92 Å². The summed E-state index contributed by atoms with van der Waals surface area (Å²) in [5.41, 5.74) is 1.84. The normalized spacial score (nSPS) is 12.3. The van der Waals surface area contributed by atoms with Crippen LogP contribution in [0.15, 0.2) is 53.3 Å². The highest BCUT2D eigenvalue weighted by molar-refractivity contribution is 5.91. The highest BCUT2D eigenvalue weighted by Crippen LogP contribution is 2.20. The van der Waals surface area contributed by atoms with Gasteiger partial charge < -0.3 is 14.4 Å². The molecule has 0 radical (unpaired) electrons. The van der Waals surface area contributed by atoms with Crippen LogP contribution in [0.5, 0.6) is 0 Å². The lowest BCUT2D eigenvalue weighted by Crippen LogP contribution is -2.29. The van der Waals surface area contributed by atoms with Crippen molar-refractivity contribution in [2.75, 3.05) is 0 Å². The summed E-state index contributed by atoms with van der Waals surface area (Å²) in [6.45, 7) is 6.76.